The van der Waals surface area contributed by atoms with Crippen LogP contribution in [-0.2, 0) is 6.54 Å². The van der Waals surface area contributed by atoms with Crippen molar-refractivity contribution in [3.63, 3.8) is 0 Å². The second kappa shape index (κ2) is 4.79. The Bertz CT molecular complexity index is 789. The van der Waals surface area contributed by atoms with Crippen LogP contribution in [-0.4, -0.2) is 9.55 Å². The van der Waals surface area contributed by atoms with Gasteiger partial charge in [0.15, 0.2) is 0 Å². The normalized spacial score (nSPS) is 11.1. The molecule has 0 bridgehead atoms. The van der Waals surface area contributed by atoms with Crippen molar-refractivity contribution in [3.05, 3.63) is 62.5 Å². The quantitative estimate of drug-likeness (QED) is 0.724. The van der Waals surface area contributed by atoms with Gasteiger partial charge in [0.25, 0.3) is 5.56 Å². The maximum Gasteiger partial charge on any atom is 0.271 e. The summed E-state index contributed by atoms with van der Waals surface area (Å²) in [6.07, 6.45) is 1.61. The van der Waals surface area contributed by atoms with Gasteiger partial charge in [-0.3, -0.25) is 9.36 Å². The Hall–Kier alpha value is -1.65. The van der Waals surface area contributed by atoms with Crippen molar-refractivity contribution in [2.75, 3.05) is 0 Å². The van der Waals surface area contributed by atoms with Crippen LogP contribution in [0.25, 0.3) is 10.2 Å². The molecule has 96 valence electrons. The number of aryl methyl sites for hydroxylation is 1. The predicted octanol–water partition coefficient (Wildman–Crippen LogP) is 3.47. The third kappa shape index (κ3) is 2.29. The van der Waals surface area contributed by atoms with E-state index in [2.05, 4.69) is 4.98 Å². The Labute approximate surface area is 119 Å². The number of hydrogen-bond donors (Lipinski definition) is 0. The lowest BCUT2D eigenvalue weighted by Gasteiger charge is -2.05. The molecule has 3 aromatic rings. The van der Waals surface area contributed by atoms with Gasteiger partial charge in [-0.25, -0.2) is 4.98 Å². The van der Waals surface area contributed by atoms with Gasteiger partial charge >= 0.3 is 0 Å². The molecule has 0 fully saturated rings. The zero-order chi connectivity index (χ0) is 13.4. The van der Waals surface area contributed by atoms with E-state index in [-0.39, 0.29) is 5.56 Å². The molecule has 19 heavy (non-hydrogen) atoms. The van der Waals surface area contributed by atoms with Crippen molar-refractivity contribution in [3.8, 4) is 0 Å². The van der Waals surface area contributed by atoms with Gasteiger partial charge in [0, 0.05) is 5.02 Å². The van der Waals surface area contributed by atoms with Gasteiger partial charge in [-0.1, -0.05) is 23.7 Å². The van der Waals surface area contributed by atoms with Crippen LogP contribution >= 0.6 is 22.9 Å². The predicted molar refractivity (Wildman–Crippen MR) is 79.2 cm³/mol. The van der Waals surface area contributed by atoms with Gasteiger partial charge in [0.2, 0.25) is 0 Å². The van der Waals surface area contributed by atoms with Gasteiger partial charge in [-0.2, -0.15) is 0 Å². The molecule has 1 aromatic carbocycles. The SMILES string of the molecule is Cc1csc2c(=O)n(Cc3ccc(Cl)cc3)cnc12. The van der Waals surface area contributed by atoms with E-state index in [9.17, 15) is 4.79 Å². The van der Waals surface area contributed by atoms with Gasteiger partial charge in [-0.15, -0.1) is 11.3 Å². The smallest absolute Gasteiger partial charge is 0.271 e. The van der Waals surface area contributed by atoms with Gasteiger partial charge in [-0.05, 0) is 35.6 Å². The summed E-state index contributed by atoms with van der Waals surface area (Å²) in [5.74, 6) is 0. The fourth-order valence-electron chi connectivity index (χ4n) is 1.96. The average Bonchev–Trinajstić information content (AvgIpc) is 2.78. The number of fused-ring (bicyclic) bond motifs is 1. The van der Waals surface area contributed by atoms with Crippen LogP contribution in [0.15, 0.2) is 40.8 Å². The Kier molecular flexibility index (Phi) is 3.12. The third-order valence-corrected chi connectivity index (χ3v) is 4.32. The molecule has 0 N–H and O–H groups in total. The first kappa shape index (κ1) is 12.4. The molecule has 0 saturated carbocycles. The summed E-state index contributed by atoms with van der Waals surface area (Å²) in [4.78, 5) is 16.7. The molecule has 0 unspecified atom stereocenters. The highest BCUT2D eigenvalue weighted by Crippen LogP contribution is 2.19. The van der Waals surface area contributed by atoms with Crippen LogP contribution in [0.5, 0.6) is 0 Å². The van der Waals surface area contributed by atoms with E-state index in [1.807, 2.05) is 36.6 Å². The molecule has 5 heteroatoms. The Morgan fingerprint density at radius 2 is 2.05 bits per heavy atom. The van der Waals surface area contributed by atoms with E-state index in [0.717, 1.165) is 16.6 Å². The number of rotatable bonds is 2. The minimum atomic E-state index is 0.0121. The second-order valence-corrected chi connectivity index (χ2v) is 5.72. The van der Waals surface area contributed by atoms with E-state index in [0.29, 0.717) is 16.3 Å². The van der Waals surface area contributed by atoms with Crippen LogP contribution in [0.1, 0.15) is 11.1 Å². The minimum Gasteiger partial charge on any atom is -0.294 e. The lowest BCUT2D eigenvalue weighted by molar-refractivity contribution is 0.749. The zero-order valence-corrected chi connectivity index (χ0v) is 11.8. The molecule has 2 heterocycles. The molecule has 0 radical (unpaired) electrons. The maximum absolute atomic E-state index is 12.3. The van der Waals surface area contributed by atoms with Crippen LogP contribution < -0.4 is 5.56 Å². The van der Waals surface area contributed by atoms with E-state index in [1.165, 1.54) is 11.3 Å². The number of hydrogen-bond acceptors (Lipinski definition) is 3. The summed E-state index contributed by atoms with van der Waals surface area (Å²) < 4.78 is 2.34. The van der Waals surface area contributed by atoms with Crippen LogP contribution in [0.3, 0.4) is 0 Å². The average molecular weight is 291 g/mol. The Morgan fingerprint density at radius 1 is 1.32 bits per heavy atom. The molecular formula is C14H11ClN2OS. The van der Waals surface area contributed by atoms with Crippen molar-refractivity contribution in [2.45, 2.75) is 13.5 Å². The summed E-state index contributed by atoms with van der Waals surface area (Å²) >= 11 is 7.30. The monoisotopic (exact) mass is 290 g/mol. The number of nitrogens with zero attached hydrogens (tertiary/aromatic N) is 2. The Morgan fingerprint density at radius 3 is 2.79 bits per heavy atom. The lowest BCUT2D eigenvalue weighted by Crippen LogP contribution is -2.20. The van der Waals surface area contributed by atoms with Crippen LogP contribution in [0.2, 0.25) is 5.02 Å². The van der Waals surface area contributed by atoms with Gasteiger partial charge in [0.1, 0.15) is 4.70 Å². The highest BCUT2D eigenvalue weighted by molar-refractivity contribution is 7.17. The fraction of sp³-hybridized carbons (Fsp3) is 0.143. The summed E-state index contributed by atoms with van der Waals surface area (Å²) in [6, 6.07) is 7.48. The van der Waals surface area contributed by atoms with Crippen molar-refractivity contribution in [1.82, 2.24) is 9.55 Å². The van der Waals surface area contributed by atoms with Gasteiger partial charge in [0.05, 0.1) is 18.4 Å². The molecule has 3 rings (SSSR count). The van der Waals surface area contributed by atoms with Crippen molar-refractivity contribution < 1.29 is 0 Å². The largest absolute Gasteiger partial charge is 0.294 e. The standard InChI is InChI=1S/C14H11ClN2OS/c1-9-7-19-13-12(9)16-8-17(14(13)18)6-10-2-4-11(15)5-3-10/h2-5,7-8H,6H2,1H3. The topological polar surface area (TPSA) is 34.9 Å². The summed E-state index contributed by atoms with van der Waals surface area (Å²) in [5, 5.41) is 2.66. The molecule has 0 saturated heterocycles. The molecule has 2 aromatic heterocycles. The molecule has 0 amide bonds. The zero-order valence-electron chi connectivity index (χ0n) is 10.3. The second-order valence-electron chi connectivity index (χ2n) is 4.40. The summed E-state index contributed by atoms with van der Waals surface area (Å²) in [6.45, 7) is 2.48. The number of aromatic nitrogens is 2. The molecule has 3 nitrogen and oxygen atoms in total. The lowest BCUT2D eigenvalue weighted by atomic mass is 10.2. The summed E-state index contributed by atoms with van der Waals surface area (Å²) in [7, 11) is 0. The van der Waals surface area contributed by atoms with Crippen molar-refractivity contribution >= 4 is 33.2 Å². The van der Waals surface area contributed by atoms with Gasteiger partial charge < -0.3 is 0 Å². The number of halogens is 1. The first-order valence-corrected chi connectivity index (χ1v) is 7.08. The highest BCUT2D eigenvalue weighted by atomic mass is 35.5. The molecule has 0 aliphatic heterocycles. The van der Waals surface area contributed by atoms with Crippen LogP contribution in [0, 0.1) is 6.92 Å². The fourth-order valence-corrected chi connectivity index (χ4v) is 3.04. The first-order valence-electron chi connectivity index (χ1n) is 5.83. The molecule has 0 aliphatic carbocycles. The third-order valence-electron chi connectivity index (χ3n) is 2.99. The Balaban J connectivity index is 2.04. The first-order chi connectivity index (χ1) is 9.15. The molecule has 0 spiro atoms. The number of benzene rings is 1. The molecular weight excluding hydrogens is 280 g/mol. The van der Waals surface area contributed by atoms with Crippen LogP contribution in [0.4, 0.5) is 0 Å². The molecule has 0 aliphatic rings. The van der Waals surface area contributed by atoms with E-state index in [4.69, 9.17) is 11.6 Å². The van der Waals surface area contributed by atoms with Crippen molar-refractivity contribution in [2.24, 2.45) is 0 Å². The summed E-state index contributed by atoms with van der Waals surface area (Å²) in [5.41, 5.74) is 2.90. The minimum absolute atomic E-state index is 0.0121. The highest BCUT2D eigenvalue weighted by Gasteiger charge is 2.08. The van der Waals surface area contributed by atoms with Crippen molar-refractivity contribution in [1.29, 1.82) is 0 Å². The number of thiophene rings is 1. The molecule has 0 atom stereocenters. The van der Waals surface area contributed by atoms with E-state index < -0.39 is 0 Å². The maximum atomic E-state index is 12.3. The van der Waals surface area contributed by atoms with E-state index >= 15 is 0 Å². The van der Waals surface area contributed by atoms with E-state index in [1.54, 1.807) is 10.9 Å².